The largest absolute Gasteiger partial charge is 0.159 e. The second-order valence-corrected chi connectivity index (χ2v) is 4.48. The minimum Gasteiger partial charge on any atom is -0.159 e. The number of hydrogen-bond donors (Lipinski definition) is 0. The van der Waals surface area contributed by atoms with E-state index < -0.39 is 0 Å². The Labute approximate surface area is 86.9 Å². The van der Waals surface area contributed by atoms with Crippen molar-refractivity contribution in [3.05, 3.63) is 22.4 Å². The van der Waals surface area contributed by atoms with Gasteiger partial charge in [0.1, 0.15) is 0 Å². The van der Waals surface area contributed by atoms with Crippen molar-refractivity contribution in [1.82, 2.24) is 10.2 Å². The second-order valence-electron chi connectivity index (χ2n) is 3.63. The Morgan fingerprint density at radius 3 is 2.46 bits per heavy atom. The Bertz CT molecular complexity index is 282. The normalized spacial score (nSPS) is 18.8. The van der Waals surface area contributed by atoms with Gasteiger partial charge in [-0.05, 0) is 40.3 Å². The van der Waals surface area contributed by atoms with E-state index in [9.17, 15) is 0 Å². The lowest BCUT2D eigenvalue weighted by molar-refractivity contribution is 0.441. The van der Waals surface area contributed by atoms with Gasteiger partial charge in [0.15, 0.2) is 0 Å². The number of halogens is 1. The zero-order chi connectivity index (χ0) is 9.10. The summed E-state index contributed by atoms with van der Waals surface area (Å²) in [7, 11) is 0. The van der Waals surface area contributed by atoms with Crippen LogP contribution in [0.25, 0.3) is 0 Å². The van der Waals surface area contributed by atoms with Gasteiger partial charge in [-0.15, -0.1) is 0 Å². The first-order valence-corrected chi connectivity index (χ1v) is 5.63. The first-order chi connectivity index (χ1) is 6.38. The highest BCUT2D eigenvalue weighted by Crippen LogP contribution is 2.35. The molecule has 0 saturated heterocycles. The van der Waals surface area contributed by atoms with Crippen molar-refractivity contribution in [3.63, 3.8) is 0 Å². The highest BCUT2D eigenvalue weighted by molar-refractivity contribution is 9.10. The van der Waals surface area contributed by atoms with E-state index in [1.807, 2.05) is 6.20 Å². The molecular weight excluding hydrogens is 228 g/mol. The van der Waals surface area contributed by atoms with Gasteiger partial charge in [-0.3, -0.25) is 0 Å². The molecule has 0 aromatic carbocycles. The van der Waals surface area contributed by atoms with Crippen LogP contribution in [0.2, 0.25) is 0 Å². The zero-order valence-corrected chi connectivity index (χ0v) is 9.13. The summed E-state index contributed by atoms with van der Waals surface area (Å²) < 4.78 is 1.12. The van der Waals surface area contributed by atoms with Crippen molar-refractivity contribution in [2.45, 2.75) is 38.0 Å². The fourth-order valence-electron chi connectivity index (χ4n) is 2.03. The van der Waals surface area contributed by atoms with Gasteiger partial charge < -0.3 is 0 Å². The summed E-state index contributed by atoms with van der Waals surface area (Å²) in [5.41, 5.74) is 1.34. The van der Waals surface area contributed by atoms with Crippen LogP contribution in [0.4, 0.5) is 0 Å². The zero-order valence-electron chi connectivity index (χ0n) is 7.54. The molecule has 1 fully saturated rings. The van der Waals surface area contributed by atoms with Crippen molar-refractivity contribution in [2.24, 2.45) is 0 Å². The van der Waals surface area contributed by atoms with Gasteiger partial charge in [-0.25, -0.2) is 0 Å². The molecule has 0 unspecified atom stereocenters. The Kier molecular flexibility index (Phi) is 2.94. The SMILES string of the molecule is Brc1cnncc1C1CCCCC1. The van der Waals surface area contributed by atoms with Crippen LogP contribution in [-0.4, -0.2) is 10.2 Å². The molecule has 1 aromatic rings. The third-order valence-corrected chi connectivity index (χ3v) is 3.42. The minimum atomic E-state index is 0.707. The topological polar surface area (TPSA) is 25.8 Å². The smallest absolute Gasteiger partial charge is 0.0641 e. The molecule has 13 heavy (non-hydrogen) atoms. The lowest BCUT2D eigenvalue weighted by Crippen LogP contribution is -2.05. The second kappa shape index (κ2) is 4.18. The van der Waals surface area contributed by atoms with Crippen LogP contribution in [0, 0.1) is 0 Å². The van der Waals surface area contributed by atoms with Crippen LogP contribution in [0.5, 0.6) is 0 Å². The molecule has 1 heterocycles. The fourth-order valence-corrected chi connectivity index (χ4v) is 2.55. The molecule has 70 valence electrons. The van der Waals surface area contributed by atoms with E-state index in [0.29, 0.717) is 5.92 Å². The van der Waals surface area contributed by atoms with E-state index in [4.69, 9.17) is 0 Å². The third-order valence-electron chi connectivity index (χ3n) is 2.76. The highest BCUT2D eigenvalue weighted by Gasteiger charge is 2.17. The molecule has 0 spiro atoms. The van der Waals surface area contributed by atoms with E-state index in [-0.39, 0.29) is 0 Å². The van der Waals surface area contributed by atoms with E-state index >= 15 is 0 Å². The van der Waals surface area contributed by atoms with Crippen LogP contribution < -0.4 is 0 Å². The van der Waals surface area contributed by atoms with Crippen molar-refractivity contribution >= 4 is 15.9 Å². The van der Waals surface area contributed by atoms with Crippen molar-refractivity contribution in [1.29, 1.82) is 0 Å². The summed E-state index contributed by atoms with van der Waals surface area (Å²) in [4.78, 5) is 0. The van der Waals surface area contributed by atoms with E-state index in [1.165, 1.54) is 37.7 Å². The summed E-state index contributed by atoms with van der Waals surface area (Å²) in [6.45, 7) is 0. The van der Waals surface area contributed by atoms with Crippen LogP contribution in [0.15, 0.2) is 16.9 Å². The average Bonchev–Trinajstić information content (AvgIpc) is 2.20. The van der Waals surface area contributed by atoms with Crippen LogP contribution in [0.3, 0.4) is 0 Å². The third kappa shape index (κ3) is 2.08. The maximum Gasteiger partial charge on any atom is 0.0641 e. The summed E-state index contributed by atoms with van der Waals surface area (Å²) in [5, 5.41) is 7.78. The van der Waals surface area contributed by atoms with Gasteiger partial charge in [0.05, 0.1) is 12.4 Å². The molecule has 3 heteroatoms. The van der Waals surface area contributed by atoms with Crippen molar-refractivity contribution < 1.29 is 0 Å². The number of hydrogen-bond acceptors (Lipinski definition) is 2. The highest BCUT2D eigenvalue weighted by atomic mass is 79.9. The number of aromatic nitrogens is 2. The maximum absolute atomic E-state index is 3.94. The molecule has 2 nitrogen and oxygen atoms in total. The molecule has 1 aliphatic rings. The van der Waals surface area contributed by atoms with Gasteiger partial charge in [-0.2, -0.15) is 10.2 Å². The quantitative estimate of drug-likeness (QED) is 0.753. The molecule has 0 radical (unpaired) electrons. The Morgan fingerprint density at radius 2 is 1.77 bits per heavy atom. The summed E-state index contributed by atoms with van der Waals surface area (Å²) >= 11 is 3.53. The molecule has 0 N–H and O–H groups in total. The molecule has 1 aromatic heterocycles. The number of nitrogens with zero attached hydrogens (tertiary/aromatic N) is 2. The van der Waals surface area contributed by atoms with Crippen LogP contribution in [-0.2, 0) is 0 Å². The fraction of sp³-hybridized carbons (Fsp3) is 0.600. The first-order valence-electron chi connectivity index (χ1n) is 4.84. The molecule has 1 saturated carbocycles. The standard InChI is InChI=1S/C10H13BrN2/c11-10-7-13-12-6-9(10)8-4-2-1-3-5-8/h6-8H,1-5H2. The van der Waals surface area contributed by atoms with Crippen LogP contribution in [0.1, 0.15) is 43.6 Å². The van der Waals surface area contributed by atoms with Gasteiger partial charge in [0, 0.05) is 4.47 Å². The Morgan fingerprint density at radius 1 is 1.08 bits per heavy atom. The molecule has 0 atom stereocenters. The lowest BCUT2D eigenvalue weighted by atomic mass is 9.85. The van der Waals surface area contributed by atoms with Gasteiger partial charge in [0.2, 0.25) is 0 Å². The summed E-state index contributed by atoms with van der Waals surface area (Å²) in [5.74, 6) is 0.707. The Balaban J connectivity index is 2.18. The molecular formula is C10H13BrN2. The van der Waals surface area contributed by atoms with Gasteiger partial charge in [-0.1, -0.05) is 19.3 Å². The Hall–Kier alpha value is -0.440. The molecule has 2 rings (SSSR count). The molecule has 0 bridgehead atoms. The molecule has 1 aliphatic carbocycles. The number of rotatable bonds is 1. The molecule has 0 amide bonds. The average molecular weight is 241 g/mol. The monoisotopic (exact) mass is 240 g/mol. The predicted molar refractivity (Wildman–Crippen MR) is 55.6 cm³/mol. The van der Waals surface area contributed by atoms with Crippen molar-refractivity contribution in [2.75, 3.05) is 0 Å². The maximum atomic E-state index is 3.94. The van der Waals surface area contributed by atoms with Crippen LogP contribution >= 0.6 is 15.9 Å². The lowest BCUT2D eigenvalue weighted by Gasteiger charge is -2.22. The van der Waals surface area contributed by atoms with E-state index in [0.717, 1.165) is 4.47 Å². The van der Waals surface area contributed by atoms with E-state index in [1.54, 1.807) is 6.20 Å². The summed E-state index contributed by atoms with van der Waals surface area (Å²) in [6, 6.07) is 0. The first kappa shape index (κ1) is 9.13. The van der Waals surface area contributed by atoms with Gasteiger partial charge >= 0.3 is 0 Å². The van der Waals surface area contributed by atoms with Gasteiger partial charge in [0.25, 0.3) is 0 Å². The van der Waals surface area contributed by atoms with Crippen molar-refractivity contribution in [3.8, 4) is 0 Å². The van der Waals surface area contributed by atoms with E-state index in [2.05, 4.69) is 26.1 Å². The molecule has 0 aliphatic heterocycles. The summed E-state index contributed by atoms with van der Waals surface area (Å²) in [6.07, 6.45) is 10.4. The predicted octanol–water partition coefficient (Wildman–Crippen LogP) is 3.29. The minimum absolute atomic E-state index is 0.707.